The summed E-state index contributed by atoms with van der Waals surface area (Å²) in [7, 11) is 0. The molecule has 1 unspecified atom stereocenters. The molecule has 0 aromatic carbocycles. The summed E-state index contributed by atoms with van der Waals surface area (Å²) in [5, 5.41) is 16.8. The summed E-state index contributed by atoms with van der Waals surface area (Å²) in [6.45, 7) is 10.6. The van der Waals surface area contributed by atoms with Crippen LogP contribution in [0.5, 0.6) is 0 Å². The molecule has 4 N–H and O–H groups in total. The molecule has 1 amide bonds. The Hall–Kier alpha value is -1.56. The number of nitrogens with zero attached hydrogens (tertiary/aromatic N) is 2. The fourth-order valence-electron chi connectivity index (χ4n) is 2.14. The van der Waals surface area contributed by atoms with E-state index in [1.807, 2.05) is 27.7 Å². The number of carbonyl (C=O) groups is 1. The highest BCUT2D eigenvalue weighted by atomic mass is 16.3. The molecule has 1 heterocycles. The highest BCUT2D eigenvalue weighted by molar-refractivity contribution is 5.97. The van der Waals surface area contributed by atoms with E-state index < -0.39 is 6.10 Å². The first-order chi connectivity index (χ1) is 9.15. The van der Waals surface area contributed by atoms with Crippen LogP contribution in [0.4, 0.5) is 5.69 Å². The molecule has 0 radical (unpaired) electrons. The van der Waals surface area contributed by atoms with Gasteiger partial charge in [0.05, 0.1) is 17.5 Å². The van der Waals surface area contributed by atoms with Crippen LogP contribution in [-0.4, -0.2) is 33.4 Å². The number of nitrogens with two attached hydrogens (primary N) is 1. The molecule has 0 aliphatic carbocycles. The van der Waals surface area contributed by atoms with Crippen LogP contribution in [0.15, 0.2) is 0 Å². The molecule has 0 saturated heterocycles. The van der Waals surface area contributed by atoms with Crippen molar-refractivity contribution in [2.45, 2.75) is 53.7 Å². The molecule has 1 aromatic heterocycles. The predicted molar refractivity (Wildman–Crippen MR) is 79.5 cm³/mol. The number of aliphatic hydroxyl groups is 1. The summed E-state index contributed by atoms with van der Waals surface area (Å²) >= 11 is 0. The molecule has 1 rings (SSSR count). The van der Waals surface area contributed by atoms with Crippen LogP contribution >= 0.6 is 0 Å². The average Bonchev–Trinajstić information content (AvgIpc) is 2.60. The molecular weight excluding hydrogens is 256 g/mol. The quantitative estimate of drug-likeness (QED) is 0.759. The lowest BCUT2D eigenvalue weighted by atomic mass is 9.89. The lowest BCUT2D eigenvalue weighted by Crippen LogP contribution is -2.35. The van der Waals surface area contributed by atoms with Gasteiger partial charge in [-0.15, -0.1) is 0 Å². The van der Waals surface area contributed by atoms with E-state index in [1.165, 1.54) is 0 Å². The number of aliphatic hydroxyl groups excluding tert-OH is 1. The third-order valence-electron chi connectivity index (χ3n) is 3.03. The molecule has 0 bridgehead atoms. The van der Waals surface area contributed by atoms with E-state index in [4.69, 9.17) is 5.73 Å². The van der Waals surface area contributed by atoms with Gasteiger partial charge in [0, 0.05) is 13.1 Å². The molecule has 6 heteroatoms. The monoisotopic (exact) mass is 282 g/mol. The number of carbonyl (C=O) groups excluding carboxylic acids is 1. The highest BCUT2D eigenvalue weighted by Crippen LogP contribution is 2.20. The number of nitrogens with one attached hydrogen (secondary N) is 1. The van der Waals surface area contributed by atoms with E-state index >= 15 is 0 Å². The van der Waals surface area contributed by atoms with Gasteiger partial charge < -0.3 is 16.2 Å². The van der Waals surface area contributed by atoms with Crippen LogP contribution < -0.4 is 11.1 Å². The van der Waals surface area contributed by atoms with Crippen molar-refractivity contribution in [1.29, 1.82) is 0 Å². The molecule has 0 aliphatic rings. The maximum absolute atomic E-state index is 12.2. The van der Waals surface area contributed by atoms with E-state index in [0.29, 0.717) is 30.0 Å². The standard InChI is InChI=1S/C14H26N4O2/c1-6-18-12(11(15)9(2)17-18)13(20)16-8-10(19)7-14(3,4)5/h10,19H,6-8,15H2,1-5H3,(H,16,20). The summed E-state index contributed by atoms with van der Waals surface area (Å²) in [6, 6.07) is 0. The fourth-order valence-corrected chi connectivity index (χ4v) is 2.14. The Morgan fingerprint density at radius 1 is 1.50 bits per heavy atom. The van der Waals surface area contributed by atoms with E-state index in [-0.39, 0.29) is 17.9 Å². The van der Waals surface area contributed by atoms with Gasteiger partial charge >= 0.3 is 0 Å². The Morgan fingerprint density at radius 2 is 2.10 bits per heavy atom. The van der Waals surface area contributed by atoms with Crippen molar-refractivity contribution < 1.29 is 9.90 Å². The first-order valence-corrected chi connectivity index (χ1v) is 6.95. The van der Waals surface area contributed by atoms with Crippen LogP contribution in [0.3, 0.4) is 0 Å². The van der Waals surface area contributed by atoms with Gasteiger partial charge in [-0.2, -0.15) is 5.10 Å². The average molecular weight is 282 g/mol. The third kappa shape index (κ3) is 4.23. The molecule has 0 aliphatic heterocycles. The Morgan fingerprint density at radius 3 is 2.60 bits per heavy atom. The van der Waals surface area contributed by atoms with Crippen LogP contribution in [0.25, 0.3) is 0 Å². The fraction of sp³-hybridized carbons (Fsp3) is 0.714. The maximum atomic E-state index is 12.2. The Kier molecular flexibility index (Phi) is 5.16. The second kappa shape index (κ2) is 6.26. The van der Waals surface area contributed by atoms with Crippen molar-refractivity contribution in [3.63, 3.8) is 0 Å². The smallest absolute Gasteiger partial charge is 0.271 e. The SMILES string of the molecule is CCn1nc(C)c(N)c1C(=O)NCC(O)CC(C)(C)C. The van der Waals surface area contributed by atoms with Crippen molar-refractivity contribution >= 4 is 11.6 Å². The van der Waals surface area contributed by atoms with Crippen molar-refractivity contribution in [1.82, 2.24) is 15.1 Å². The Balaban J connectivity index is 2.68. The zero-order valence-electron chi connectivity index (χ0n) is 13.0. The first-order valence-electron chi connectivity index (χ1n) is 6.95. The molecule has 114 valence electrons. The van der Waals surface area contributed by atoms with Crippen molar-refractivity contribution in [2.75, 3.05) is 12.3 Å². The second-order valence-corrected chi connectivity index (χ2v) is 6.29. The van der Waals surface area contributed by atoms with Crippen molar-refractivity contribution in [2.24, 2.45) is 5.41 Å². The van der Waals surface area contributed by atoms with Gasteiger partial charge in [0.1, 0.15) is 5.69 Å². The van der Waals surface area contributed by atoms with E-state index in [1.54, 1.807) is 11.6 Å². The molecule has 0 fully saturated rings. The van der Waals surface area contributed by atoms with Gasteiger partial charge in [0.2, 0.25) is 0 Å². The molecular formula is C14H26N4O2. The van der Waals surface area contributed by atoms with Crippen LogP contribution in [0.1, 0.15) is 50.3 Å². The van der Waals surface area contributed by atoms with Crippen molar-refractivity contribution in [3.8, 4) is 0 Å². The Labute approximate surface area is 120 Å². The number of amides is 1. The number of nitrogen functional groups attached to an aromatic ring is 1. The van der Waals surface area contributed by atoms with E-state index in [9.17, 15) is 9.90 Å². The number of aromatic nitrogens is 2. The minimum atomic E-state index is -0.570. The molecule has 0 spiro atoms. The molecule has 1 aromatic rings. The minimum Gasteiger partial charge on any atom is -0.395 e. The lowest BCUT2D eigenvalue weighted by molar-refractivity contribution is 0.0860. The van der Waals surface area contributed by atoms with Crippen molar-refractivity contribution in [3.05, 3.63) is 11.4 Å². The molecule has 0 saturated carbocycles. The number of anilines is 1. The topological polar surface area (TPSA) is 93.2 Å². The van der Waals surface area contributed by atoms with Gasteiger partial charge in [-0.05, 0) is 25.7 Å². The number of hydrogen-bond acceptors (Lipinski definition) is 4. The molecule has 20 heavy (non-hydrogen) atoms. The zero-order valence-corrected chi connectivity index (χ0v) is 13.0. The van der Waals surface area contributed by atoms with Crippen LogP contribution in [0.2, 0.25) is 0 Å². The number of aryl methyl sites for hydroxylation is 2. The van der Waals surface area contributed by atoms with Gasteiger partial charge in [-0.1, -0.05) is 20.8 Å². The Bertz CT molecular complexity index is 474. The maximum Gasteiger partial charge on any atom is 0.271 e. The summed E-state index contributed by atoms with van der Waals surface area (Å²) in [5.41, 5.74) is 7.31. The second-order valence-electron chi connectivity index (χ2n) is 6.29. The number of rotatable bonds is 5. The third-order valence-corrected chi connectivity index (χ3v) is 3.03. The van der Waals surface area contributed by atoms with E-state index in [0.717, 1.165) is 0 Å². The van der Waals surface area contributed by atoms with E-state index in [2.05, 4.69) is 10.4 Å². The first kappa shape index (κ1) is 16.5. The summed E-state index contributed by atoms with van der Waals surface area (Å²) in [6.07, 6.45) is 0.0497. The van der Waals surface area contributed by atoms with Crippen LogP contribution in [0, 0.1) is 12.3 Å². The normalized spacial score (nSPS) is 13.3. The van der Waals surface area contributed by atoms with Crippen LogP contribution in [-0.2, 0) is 6.54 Å². The lowest BCUT2D eigenvalue weighted by Gasteiger charge is -2.22. The highest BCUT2D eigenvalue weighted by Gasteiger charge is 2.21. The molecule has 1 atom stereocenters. The summed E-state index contributed by atoms with van der Waals surface area (Å²) in [5.74, 6) is -0.294. The largest absolute Gasteiger partial charge is 0.395 e. The summed E-state index contributed by atoms with van der Waals surface area (Å²) < 4.78 is 1.58. The zero-order chi connectivity index (χ0) is 15.5. The van der Waals surface area contributed by atoms with Gasteiger partial charge in [-0.25, -0.2) is 0 Å². The summed E-state index contributed by atoms with van der Waals surface area (Å²) in [4.78, 5) is 12.2. The molecule has 6 nitrogen and oxygen atoms in total. The predicted octanol–water partition coefficient (Wildman–Crippen LogP) is 1.32. The van der Waals surface area contributed by atoms with Gasteiger partial charge in [-0.3, -0.25) is 9.48 Å². The number of hydrogen-bond donors (Lipinski definition) is 3. The minimum absolute atomic E-state index is 0.0188. The van der Waals surface area contributed by atoms with Gasteiger partial charge in [0.25, 0.3) is 5.91 Å². The van der Waals surface area contributed by atoms with Gasteiger partial charge in [0.15, 0.2) is 0 Å².